The van der Waals surface area contributed by atoms with E-state index in [1.165, 1.54) is 11.1 Å². The molecule has 6 nitrogen and oxygen atoms in total. The molecule has 1 aliphatic rings. The lowest BCUT2D eigenvalue weighted by molar-refractivity contribution is 0.206. The number of nitrogens with zero attached hydrogens (tertiary/aromatic N) is 4. The van der Waals surface area contributed by atoms with Crippen LogP contribution in [0, 0.1) is 0 Å². The summed E-state index contributed by atoms with van der Waals surface area (Å²) in [5.41, 5.74) is 10.6. The first-order valence-corrected chi connectivity index (χ1v) is 9.76. The molecule has 0 radical (unpaired) electrons. The van der Waals surface area contributed by atoms with Gasteiger partial charge in [0.05, 0.1) is 11.7 Å². The van der Waals surface area contributed by atoms with Gasteiger partial charge in [0.25, 0.3) is 0 Å². The minimum atomic E-state index is 0.360. The van der Waals surface area contributed by atoms with Crippen molar-refractivity contribution >= 4 is 17.2 Å². The predicted molar refractivity (Wildman–Crippen MR) is 109 cm³/mol. The van der Waals surface area contributed by atoms with Crippen LogP contribution in [0.3, 0.4) is 0 Å². The van der Waals surface area contributed by atoms with Crippen molar-refractivity contribution in [1.29, 1.82) is 0 Å². The zero-order valence-corrected chi connectivity index (χ0v) is 16.1. The summed E-state index contributed by atoms with van der Waals surface area (Å²) in [6.07, 6.45) is 6.07. The van der Waals surface area contributed by atoms with E-state index in [-0.39, 0.29) is 0 Å². The van der Waals surface area contributed by atoms with Gasteiger partial charge in [-0.15, -0.1) is 5.10 Å². The molecule has 0 aliphatic carbocycles. The summed E-state index contributed by atoms with van der Waals surface area (Å²) in [5, 5.41) is 7.90. The number of nitrogens with two attached hydrogens (primary N) is 1. The molecule has 142 valence electrons. The Bertz CT molecular complexity index is 891. The van der Waals surface area contributed by atoms with Crippen LogP contribution in [0.4, 0.5) is 11.6 Å². The van der Waals surface area contributed by atoms with Gasteiger partial charge in [-0.3, -0.25) is 4.90 Å². The van der Waals surface area contributed by atoms with Gasteiger partial charge in [0.15, 0.2) is 0 Å². The standard InChI is InChI=1S/C21H28N6/c1-15(2)16-3-5-19(6-4-16)24-21-23-13-20-17(7-12-27(20)25-21)14-26-10-8-18(22)9-11-26/h3-7,12-13,15,18H,8-11,14,22H2,1-2H3,(H,24,25). The second-order valence-electron chi connectivity index (χ2n) is 7.77. The van der Waals surface area contributed by atoms with Gasteiger partial charge < -0.3 is 11.1 Å². The summed E-state index contributed by atoms with van der Waals surface area (Å²) < 4.78 is 1.91. The highest BCUT2D eigenvalue weighted by Gasteiger charge is 2.17. The quantitative estimate of drug-likeness (QED) is 0.725. The van der Waals surface area contributed by atoms with E-state index in [4.69, 9.17) is 5.73 Å². The third-order valence-corrected chi connectivity index (χ3v) is 5.36. The number of likely N-dealkylation sites (tertiary alicyclic amines) is 1. The molecule has 27 heavy (non-hydrogen) atoms. The molecule has 0 saturated carbocycles. The summed E-state index contributed by atoms with van der Waals surface area (Å²) in [4.78, 5) is 6.98. The highest BCUT2D eigenvalue weighted by Crippen LogP contribution is 2.21. The second kappa shape index (κ2) is 7.66. The number of aromatic nitrogens is 3. The average Bonchev–Trinajstić information content (AvgIpc) is 3.06. The van der Waals surface area contributed by atoms with E-state index >= 15 is 0 Å². The summed E-state index contributed by atoms with van der Waals surface area (Å²) in [6.45, 7) is 7.44. The van der Waals surface area contributed by atoms with E-state index in [1.807, 2.05) is 16.9 Å². The van der Waals surface area contributed by atoms with E-state index in [0.29, 0.717) is 17.9 Å². The third kappa shape index (κ3) is 4.12. The molecule has 0 bridgehead atoms. The normalized spacial score (nSPS) is 16.3. The van der Waals surface area contributed by atoms with Gasteiger partial charge in [0.2, 0.25) is 5.95 Å². The fourth-order valence-electron chi connectivity index (χ4n) is 3.58. The highest BCUT2D eigenvalue weighted by atomic mass is 15.3. The summed E-state index contributed by atoms with van der Waals surface area (Å²) in [7, 11) is 0. The summed E-state index contributed by atoms with van der Waals surface area (Å²) in [6, 6.07) is 10.9. The third-order valence-electron chi connectivity index (χ3n) is 5.36. The molecule has 1 aliphatic heterocycles. The minimum absolute atomic E-state index is 0.360. The van der Waals surface area contributed by atoms with Crippen molar-refractivity contribution in [1.82, 2.24) is 19.5 Å². The number of piperidine rings is 1. The number of rotatable bonds is 5. The molecule has 1 aromatic carbocycles. The van der Waals surface area contributed by atoms with Crippen molar-refractivity contribution in [2.45, 2.75) is 45.2 Å². The Morgan fingerprint density at radius 3 is 2.59 bits per heavy atom. The van der Waals surface area contributed by atoms with Crippen molar-refractivity contribution in [2.75, 3.05) is 18.4 Å². The fourth-order valence-corrected chi connectivity index (χ4v) is 3.58. The maximum absolute atomic E-state index is 6.01. The van der Waals surface area contributed by atoms with E-state index in [9.17, 15) is 0 Å². The summed E-state index contributed by atoms with van der Waals surface area (Å²) >= 11 is 0. The molecule has 3 N–H and O–H groups in total. The number of benzene rings is 1. The van der Waals surface area contributed by atoms with E-state index in [2.05, 4.69) is 64.5 Å². The van der Waals surface area contributed by atoms with Crippen molar-refractivity contribution in [2.24, 2.45) is 5.73 Å². The van der Waals surface area contributed by atoms with Gasteiger partial charge in [-0.05, 0) is 61.2 Å². The zero-order chi connectivity index (χ0) is 18.8. The molecule has 0 spiro atoms. The molecule has 6 heteroatoms. The van der Waals surface area contributed by atoms with Gasteiger partial charge in [-0.1, -0.05) is 26.0 Å². The van der Waals surface area contributed by atoms with Gasteiger partial charge in [0, 0.05) is 24.5 Å². The smallest absolute Gasteiger partial charge is 0.245 e. The number of fused-ring (bicyclic) bond motifs is 1. The maximum atomic E-state index is 6.01. The average molecular weight is 364 g/mol. The second-order valence-corrected chi connectivity index (χ2v) is 7.77. The molecule has 1 fully saturated rings. The van der Waals surface area contributed by atoms with Gasteiger partial charge >= 0.3 is 0 Å². The SMILES string of the molecule is CC(C)c1ccc(Nc2ncc3c(CN4CCC(N)CC4)ccn3n2)cc1. The molecule has 3 heterocycles. The Morgan fingerprint density at radius 2 is 1.89 bits per heavy atom. The van der Waals surface area contributed by atoms with Crippen LogP contribution in [0.25, 0.3) is 5.52 Å². The van der Waals surface area contributed by atoms with Crippen LogP contribution in [-0.4, -0.2) is 38.6 Å². The molecule has 0 unspecified atom stereocenters. The lowest BCUT2D eigenvalue weighted by Crippen LogP contribution is -2.39. The molecule has 0 amide bonds. The van der Waals surface area contributed by atoms with Crippen molar-refractivity contribution in [3.8, 4) is 0 Å². The Hall–Kier alpha value is -2.44. The summed E-state index contributed by atoms with van der Waals surface area (Å²) in [5.74, 6) is 1.13. The van der Waals surface area contributed by atoms with E-state index in [1.54, 1.807) is 0 Å². The van der Waals surface area contributed by atoms with Crippen LogP contribution in [0.5, 0.6) is 0 Å². The first-order chi connectivity index (χ1) is 13.1. The van der Waals surface area contributed by atoms with Crippen LogP contribution in [0.15, 0.2) is 42.7 Å². The zero-order valence-electron chi connectivity index (χ0n) is 16.1. The van der Waals surface area contributed by atoms with Crippen LogP contribution in [0.1, 0.15) is 43.7 Å². The van der Waals surface area contributed by atoms with Gasteiger partial charge in [-0.2, -0.15) is 0 Å². The Balaban J connectivity index is 1.47. The van der Waals surface area contributed by atoms with E-state index < -0.39 is 0 Å². The lowest BCUT2D eigenvalue weighted by Gasteiger charge is -2.29. The molecule has 1 saturated heterocycles. The highest BCUT2D eigenvalue weighted by molar-refractivity contribution is 5.57. The number of hydrogen-bond acceptors (Lipinski definition) is 5. The Morgan fingerprint density at radius 1 is 1.15 bits per heavy atom. The lowest BCUT2D eigenvalue weighted by atomic mass is 10.0. The minimum Gasteiger partial charge on any atom is -0.328 e. The molecular formula is C21H28N6. The van der Waals surface area contributed by atoms with Crippen molar-refractivity contribution in [3.63, 3.8) is 0 Å². The first-order valence-electron chi connectivity index (χ1n) is 9.76. The largest absolute Gasteiger partial charge is 0.328 e. The van der Waals surface area contributed by atoms with Crippen LogP contribution in [0.2, 0.25) is 0 Å². The molecule has 3 aromatic rings. The van der Waals surface area contributed by atoms with E-state index in [0.717, 1.165) is 43.7 Å². The monoisotopic (exact) mass is 364 g/mol. The molecular weight excluding hydrogens is 336 g/mol. The topological polar surface area (TPSA) is 71.5 Å². The number of hydrogen-bond donors (Lipinski definition) is 2. The van der Waals surface area contributed by atoms with Crippen molar-refractivity contribution < 1.29 is 0 Å². The number of nitrogens with one attached hydrogen (secondary N) is 1. The molecule has 4 rings (SSSR count). The van der Waals surface area contributed by atoms with Crippen LogP contribution < -0.4 is 11.1 Å². The first kappa shape index (κ1) is 17.9. The predicted octanol–water partition coefficient (Wildman–Crippen LogP) is 3.52. The molecule has 2 aromatic heterocycles. The Labute approximate surface area is 160 Å². The van der Waals surface area contributed by atoms with Crippen LogP contribution >= 0.6 is 0 Å². The van der Waals surface area contributed by atoms with Crippen LogP contribution in [-0.2, 0) is 6.54 Å². The fraction of sp³-hybridized carbons (Fsp3) is 0.429. The van der Waals surface area contributed by atoms with Crippen molar-refractivity contribution in [3.05, 3.63) is 53.9 Å². The maximum Gasteiger partial charge on any atom is 0.245 e. The van der Waals surface area contributed by atoms with Gasteiger partial charge in [0.1, 0.15) is 0 Å². The number of anilines is 2. The van der Waals surface area contributed by atoms with Gasteiger partial charge in [-0.25, -0.2) is 9.50 Å². The molecule has 0 atom stereocenters. The Kier molecular flexibility index (Phi) is 5.09.